The van der Waals surface area contributed by atoms with Crippen LogP contribution in [0.5, 0.6) is 0 Å². The molecule has 0 amide bonds. The fourth-order valence-electron chi connectivity index (χ4n) is 0.665. The van der Waals surface area contributed by atoms with Crippen molar-refractivity contribution in [1.82, 2.24) is 0 Å². The molecule has 0 atom stereocenters. The van der Waals surface area contributed by atoms with Crippen LogP contribution in [-0.4, -0.2) is 17.1 Å². The summed E-state index contributed by atoms with van der Waals surface area (Å²) in [4.78, 5) is 9.83. The highest BCUT2D eigenvalue weighted by Gasteiger charge is 2.07. The van der Waals surface area contributed by atoms with Gasteiger partial charge in [-0.2, -0.15) is 5.10 Å². The minimum Gasteiger partial charge on any atom is -0.369 e. The van der Waals surface area contributed by atoms with Crippen molar-refractivity contribution in [2.24, 2.45) is 21.7 Å². The summed E-state index contributed by atoms with van der Waals surface area (Å²) in [5.74, 6) is -0.161. The van der Waals surface area contributed by atoms with Gasteiger partial charge in [-0.05, 0) is 0 Å². The molecule has 0 radical (unpaired) electrons. The summed E-state index contributed by atoms with van der Waals surface area (Å²) in [5.41, 5.74) is 10.6. The van der Waals surface area contributed by atoms with E-state index in [4.69, 9.17) is 11.5 Å². The lowest BCUT2D eigenvalue weighted by atomic mass is 10.4. The van der Waals surface area contributed by atoms with Crippen LogP contribution in [0, 0.1) is 10.1 Å². The molecule has 0 bridgehead atoms. The smallest absolute Gasteiger partial charge is 0.324 e. The van der Waals surface area contributed by atoms with E-state index in [1.54, 1.807) is 5.38 Å². The summed E-state index contributed by atoms with van der Waals surface area (Å²) < 4.78 is 0. The Morgan fingerprint density at radius 1 is 1.64 bits per heavy atom. The number of rotatable bonds is 3. The van der Waals surface area contributed by atoms with Crippen LogP contribution in [0.4, 0.5) is 5.00 Å². The minimum absolute atomic E-state index is 0.0520. The van der Waals surface area contributed by atoms with Crippen molar-refractivity contribution in [2.45, 2.75) is 0 Å². The summed E-state index contributed by atoms with van der Waals surface area (Å²) in [6, 6.07) is 1.39. The molecule has 1 aromatic heterocycles. The number of thiophene rings is 1. The topological polar surface area (TPSA) is 120 Å². The van der Waals surface area contributed by atoms with E-state index in [2.05, 4.69) is 10.2 Å². The van der Waals surface area contributed by atoms with Crippen molar-refractivity contribution in [2.75, 3.05) is 0 Å². The molecule has 8 heteroatoms. The van der Waals surface area contributed by atoms with Crippen molar-refractivity contribution in [3.05, 3.63) is 27.1 Å². The molecular formula is C6H7N5O2S. The molecule has 1 heterocycles. The Kier molecular flexibility index (Phi) is 3.13. The zero-order valence-corrected chi connectivity index (χ0v) is 7.77. The van der Waals surface area contributed by atoms with Crippen LogP contribution >= 0.6 is 11.3 Å². The first-order valence-corrected chi connectivity index (χ1v) is 4.32. The second kappa shape index (κ2) is 4.33. The van der Waals surface area contributed by atoms with Gasteiger partial charge in [0.1, 0.15) is 0 Å². The third kappa shape index (κ3) is 2.83. The van der Waals surface area contributed by atoms with Crippen molar-refractivity contribution in [3.8, 4) is 0 Å². The highest BCUT2D eigenvalue weighted by molar-refractivity contribution is 7.13. The van der Waals surface area contributed by atoms with E-state index in [1.807, 2.05) is 0 Å². The maximum Gasteiger partial charge on any atom is 0.324 e. The van der Waals surface area contributed by atoms with Crippen LogP contribution in [0.1, 0.15) is 5.56 Å². The molecule has 0 saturated carbocycles. The monoisotopic (exact) mass is 213 g/mol. The first kappa shape index (κ1) is 10.1. The lowest BCUT2D eigenvalue weighted by molar-refractivity contribution is -0.380. The average Bonchev–Trinajstić information content (AvgIpc) is 2.52. The molecule has 0 aliphatic rings. The summed E-state index contributed by atoms with van der Waals surface area (Å²) >= 11 is 1.02. The molecule has 7 nitrogen and oxygen atoms in total. The van der Waals surface area contributed by atoms with Crippen LogP contribution < -0.4 is 11.5 Å². The van der Waals surface area contributed by atoms with E-state index >= 15 is 0 Å². The molecule has 0 aliphatic heterocycles. The van der Waals surface area contributed by atoms with Gasteiger partial charge in [-0.1, -0.05) is 11.3 Å². The van der Waals surface area contributed by atoms with Gasteiger partial charge in [0.25, 0.3) is 0 Å². The van der Waals surface area contributed by atoms with Gasteiger partial charge in [0, 0.05) is 17.0 Å². The third-order valence-electron chi connectivity index (χ3n) is 1.17. The maximum absolute atomic E-state index is 10.3. The molecule has 0 unspecified atom stereocenters. The Bertz CT molecular complexity index is 393. The SMILES string of the molecule is NC(N)=NN=Cc1csc([N+](=O)[O-])c1. The standard InChI is InChI=1S/C6H7N5O2S/c7-6(8)10-9-2-4-1-5(11(12)13)14-3-4/h1-3H,(H4,7,8,10). The van der Waals surface area contributed by atoms with Crippen molar-refractivity contribution < 1.29 is 4.92 Å². The van der Waals surface area contributed by atoms with Crippen molar-refractivity contribution in [1.29, 1.82) is 0 Å². The second-order valence-corrected chi connectivity index (χ2v) is 3.13. The Hall–Kier alpha value is -1.96. The molecule has 4 N–H and O–H groups in total. The molecule has 74 valence electrons. The molecule has 0 fully saturated rings. The van der Waals surface area contributed by atoms with Crippen LogP contribution in [0.25, 0.3) is 0 Å². The molecule has 0 spiro atoms. The van der Waals surface area contributed by atoms with Crippen molar-refractivity contribution in [3.63, 3.8) is 0 Å². The van der Waals surface area contributed by atoms with Crippen LogP contribution in [0.15, 0.2) is 21.6 Å². The lowest BCUT2D eigenvalue weighted by Gasteiger charge is -1.82. The van der Waals surface area contributed by atoms with Gasteiger partial charge in [-0.25, -0.2) is 0 Å². The first-order chi connectivity index (χ1) is 6.59. The predicted octanol–water partition coefficient (Wildman–Crippen LogP) is 0.264. The molecule has 14 heavy (non-hydrogen) atoms. The number of nitrogens with zero attached hydrogens (tertiary/aromatic N) is 3. The fourth-order valence-corrected chi connectivity index (χ4v) is 1.34. The highest BCUT2D eigenvalue weighted by atomic mass is 32.1. The molecule has 1 aromatic rings. The van der Waals surface area contributed by atoms with E-state index in [9.17, 15) is 10.1 Å². The Morgan fingerprint density at radius 2 is 2.36 bits per heavy atom. The average molecular weight is 213 g/mol. The summed E-state index contributed by atoms with van der Waals surface area (Å²) in [7, 11) is 0. The molecule has 0 aliphatic carbocycles. The van der Waals surface area contributed by atoms with Crippen LogP contribution in [-0.2, 0) is 0 Å². The van der Waals surface area contributed by atoms with Gasteiger partial charge in [0.2, 0.25) is 5.96 Å². The number of hydrogen-bond donors (Lipinski definition) is 2. The number of hydrogen-bond acceptors (Lipinski definition) is 5. The summed E-state index contributed by atoms with van der Waals surface area (Å²) in [6.45, 7) is 0. The van der Waals surface area contributed by atoms with Gasteiger partial charge in [-0.15, -0.1) is 5.10 Å². The highest BCUT2D eigenvalue weighted by Crippen LogP contribution is 2.21. The minimum atomic E-state index is -0.470. The van der Waals surface area contributed by atoms with Gasteiger partial charge in [-0.3, -0.25) is 10.1 Å². The van der Waals surface area contributed by atoms with Gasteiger partial charge < -0.3 is 11.5 Å². The van der Waals surface area contributed by atoms with Crippen LogP contribution in [0.2, 0.25) is 0 Å². The van der Waals surface area contributed by atoms with E-state index < -0.39 is 4.92 Å². The Morgan fingerprint density at radius 3 is 2.86 bits per heavy atom. The summed E-state index contributed by atoms with van der Waals surface area (Å²) in [5, 5.41) is 18.8. The van der Waals surface area contributed by atoms with E-state index in [-0.39, 0.29) is 11.0 Å². The predicted molar refractivity (Wildman–Crippen MR) is 54.4 cm³/mol. The molecule has 0 saturated heterocycles. The zero-order valence-electron chi connectivity index (χ0n) is 6.95. The fraction of sp³-hybridized carbons (Fsp3) is 0. The Balaban J connectivity index is 2.74. The van der Waals surface area contributed by atoms with Gasteiger partial charge >= 0.3 is 5.00 Å². The number of nitrogens with two attached hydrogens (primary N) is 2. The number of nitro groups is 1. The van der Waals surface area contributed by atoms with Gasteiger partial charge in [0.15, 0.2) is 0 Å². The molecule has 1 rings (SSSR count). The van der Waals surface area contributed by atoms with E-state index in [0.717, 1.165) is 11.3 Å². The van der Waals surface area contributed by atoms with E-state index in [1.165, 1.54) is 12.3 Å². The largest absolute Gasteiger partial charge is 0.369 e. The molecule has 0 aromatic carbocycles. The maximum atomic E-state index is 10.3. The quantitative estimate of drug-likeness (QED) is 0.324. The second-order valence-electron chi connectivity index (χ2n) is 2.24. The number of guanidine groups is 1. The molecular weight excluding hydrogens is 206 g/mol. The third-order valence-corrected chi connectivity index (χ3v) is 2.06. The van der Waals surface area contributed by atoms with Gasteiger partial charge in [0.05, 0.1) is 11.1 Å². The Labute approximate surface area is 82.9 Å². The van der Waals surface area contributed by atoms with Crippen molar-refractivity contribution >= 4 is 28.5 Å². The lowest BCUT2D eigenvalue weighted by Crippen LogP contribution is -2.21. The zero-order chi connectivity index (χ0) is 10.6. The normalized spacial score (nSPS) is 10.3. The first-order valence-electron chi connectivity index (χ1n) is 3.44. The summed E-state index contributed by atoms with van der Waals surface area (Å²) in [6.07, 6.45) is 1.34. The van der Waals surface area contributed by atoms with E-state index in [0.29, 0.717) is 5.56 Å². The van der Waals surface area contributed by atoms with Crippen LogP contribution in [0.3, 0.4) is 0 Å².